The largest absolute Gasteiger partial charge is 0.497 e. The van der Waals surface area contributed by atoms with Crippen LogP contribution in [0.4, 0.5) is 0 Å². The fraction of sp³-hybridized carbons (Fsp3) is 0.235. The molecule has 0 aliphatic carbocycles. The maximum Gasteiger partial charge on any atom is 0.229 e. The molecule has 2 rings (SSSR count). The van der Waals surface area contributed by atoms with E-state index in [1.807, 2.05) is 48.5 Å². The quantitative estimate of drug-likeness (QED) is 0.762. The molecule has 0 N–H and O–H groups in total. The van der Waals surface area contributed by atoms with Crippen molar-refractivity contribution < 1.29 is 14.3 Å². The summed E-state index contributed by atoms with van der Waals surface area (Å²) < 4.78 is 10.3. The van der Waals surface area contributed by atoms with Crippen LogP contribution in [0.1, 0.15) is 17.0 Å². The number of carbonyl (C=O) groups excluding carboxylic acids is 1. The molecule has 0 aliphatic rings. The minimum absolute atomic E-state index is 0.376. The Bertz CT molecular complexity index is 608. The zero-order valence-corrected chi connectivity index (χ0v) is 12.8. The van der Waals surface area contributed by atoms with Crippen LogP contribution >= 0.6 is 11.6 Å². The number of hydrogen-bond donors (Lipinski definition) is 0. The predicted molar refractivity (Wildman–Crippen MR) is 83.3 cm³/mol. The average Bonchev–Trinajstić information content (AvgIpc) is 2.53. The van der Waals surface area contributed by atoms with Crippen LogP contribution in [0, 0.1) is 0 Å². The highest BCUT2D eigenvalue weighted by atomic mass is 35.5. The molecular formula is C17H17ClO3. The van der Waals surface area contributed by atoms with Crippen LogP contribution in [-0.4, -0.2) is 19.5 Å². The van der Waals surface area contributed by atoms with Gasteiger partial charge in [-0.1, -0.05) is 24.3 Å². The van der Waals surface area contributed by atoms with Crippen LogP contribution in [0.3, 0.4) is 0 Å². The summed E-state index contributed by atoms with van der Waals surface area (Å²) in [6.45, 7) is 0. The molecular weight excluding hydrogens is 288 g/mol. The van der Waals surface area contributed by atoms with Gasteiger partial charge < -0.3 is 9.47 Å². The van der Waals surface area contributed by atoms with E-state index in [1.54, 1.807) is 14.2 Å². The molecule has 0 saturated heterocycles. The molecule has 2 aromatic carbocycles. The van der Waals surface area contributed by atoms with Gasteiger partial charge in [0.2, 0.25) is 5.24 Å². The minimum Gasteiger partial charge on any atom is -0.497 e. The summed E-state index contributed by atoms with van der Waals surface area (Å²) in [5.74, 6) is 1.11. The Balaban J connectivity index is 2.23. The first-order chi connectivity index (χ1) is 10.1. The van der Waals surface area contributed by atoms with Gasteiger partial charge in [-0.3, -0.25) is 4.79 Å². The Kier molecular flexibility index (Phi) is 5.23. The Morgan fingerprint density at radius 1 is 1.05 bits per heavy atom. The van der Waals surface area contributed by atoms with Crippen LogP contribution in [0.25, 0.3) is 0 Å². The van der Waals surface area contributed by atoms with Crippen molar-refractivity contribution in [1.82, 2.24) is 0 Å². The Labute approximate surface area is 129 Å². The second kappa shape index (κ2) is 7.14. The van der Waals surface area contributed by atoms with Gasteiger partial charge in [0.05, 0.1) is 20.1 Å². The van der Waals surface area contributed by atoms with Gasteiger partial charge in [0.25, 0.3) is 0 Å². The lowest BCUT2D eigenvalue weighted by molar-refractivity contribution is -0.113. The highest BCUT2D eigenvalue weighted by molar-refractivity contribution is 6.64. The van der Waals surface area contributed by atoms with Gasteiger partial charge in [-0.15, -0.1) is 0 Å². The lowest BCUT2D eigenvalue weighted by Gasteiger charge is -2.14. The third-order valence-corrected chi connectivity index (χ3v) is 3.63. The van der Waals surface area contributed by atoms with Gasteiger partial charge in [-0.25, -0.2) is 0 Å². The maximum atomic E-state index is 11.8. The predicted octanol–water partition coefficient (Wildman–Crippen LogP) is 3.80. The number of rotatable bonds is 6. The molecule has 0 radical (unpaired) electrons. The molecule has 0 aliphatic heterocycles. The van der Waals surface area contributed by atoms with E-state index in [9.17, 15) is 4.79 Å². The van der Waals surface area contributed by atoms with Crippen LogP contribution in [-0.2, 0) is 11.2 Å². The van der Waals surface area contributed by atoms with Crippen LogP contribution in [0.5, 0.6) is 11.5 Å². The number of halogens is 1. The lowest BCUT2D eigenvalue weighted by atomic mass is 9.93. The highest BCUT2D eigenvalue weighted by Gasteiger charge is 2.19. The molecule has 21 heavy (non-hydrogen) atoms. The van der Waals surface area contributed by atoms with Gasteiger partial charge in [0, 0.05) is 0 Å². The molecule has 3 nitrogen and oxygen atoms in total. The van der Waals surface area contributed by atoms with Crippen molar-refractivity contribution in [3.05, 3.63) is 59.7 Å². The topological polar surface area (TPSA) is 35.5 Å². The molecule has 0 bridgehead atoms. The molecule has 110 valence electrons. The number of carbonyl (C=O) groups is 1. The van der Waals surface area contributed by atoms with Crippen molar-refractivity contribution in [2.24, 2.45) is 0 Å². The third-order valence-electron chi connectivity index (χ3n) is 3.37. The number of methoxy groups -OCH3 is 2. The maximum absolute atomic E-state index is 11.8. The standard InChI is InChI=1S/C17H17ClO3/c1-20-14-8-6-12(7-9-14)10-16(17(18)19)13-4-3-5-15(11-13)21-2/h3-9,11,16H,10H2,1-2H3. The number of benzene rings is 2. The van der Waals surface area contributed by atoms with Crippen molar-refractivity contribution in [3.8, 4) is 11.5 Å². The van der Waals surface area contributed by atoms with E-state index < -0.39 is 5.92 Å². The number of hydrogen-bond acceptors (Lipinski definition) is 3. The molecule has 0 fully saturated rings. The monoisotopic (exact) mass is 304 g/mol. The smallest absolute Gasteiger partial charge is 0.229 e. The lowest BCUT2D eigenvalue weighted by Crippen LogP contribution is -2.10. The molecule has 0 saturated carbocycles. The first-order valence-electron chi connectivity index (χ1n) is 6.60. The molecule has 0 heterocycles. The normalized spacial score (nSPS) is 11.8. The first-order valence-corrected chi connectivity index (χ1v) is 6.98. The van der Waals surface area contributed by atoms with E-state index >= 15 is 0 Å². The molecule has 1 atom stereocenters. The zero-order chi connectivity index (χ0) is 15.2. The number of ether oxygens (including phenoxy) is 2. The second-order valence-corrected chi connectivity index (χ2v) is 5.06. The second-order valence-electron chi connectivity index (χ2n) is 4.69. The highest BCUT2D eigenvalue weighted by Crippen LogP contribution is 2.27. The molecule has 0 amide bonds. The fourth-order valence-corrected chi connectivity index (χ4v) is 2.39. The van der Waals surface area contributed by atoms with E-state index in [1.165, 1.54) is 0 Å². The summed E-state index contributed by atoms with van der Waals surface area (Å²) in [6.07, 6.45) is 0.541. The summed E-state index contributed by atoms with van der Waals surface area (Å²) >= 11 is 5.78. The zero-order valence-electron chi connectivity index (χ0n) is 12.0. The van der Waals surface area contributed by atoms with E-state index in [4.69, 9.17) is 21.1 Å². The van der Waals surface area contributed by atoms with E-state index in [0.29, 0.717) is 12.2 Å². The average molecular weight is 305 g/mol. The van der Waals surface area contributed by atoms with Crippen molar-refractivity contribution >= 4 is 16.8 Å². The van der Waals surface area contributed by atoms with Gasteiger partial charge in [-0.2, -0.15) is 0 Å². The van der Waals surface area contributed by atoms with Crippen LogP contribution < -0.4 is 9.47 Å². The van der Waals surface area contributed by atoms with Crippen molar-refractivity contribution in [2.45, 2.75) is 12.3 Å². The summed E-state index contributed by atoms with van der Waals surface area (Å²) in [5.41, 5.74) is 1.88. The fourth-order valence-electron chi connectivity index (χ4n) is 2.18. The third kappa shape index (κ3) is 3.99. The van der Waals surface area contributed by atoms with Gasteiger partial charge in [0.15, 0.2) is 0 Å². The summed E-state index contributed by atoms with van der Waals surface area (Å²) in [5, 5.41) is -0.376. The van der Waals surface area contributed by atoms with Gasteiger partial charge >= 0.3 is 0 Å². The molecule has 0 aromatic heterocycles. The summed E-state index contributed by atoms with van der Waals surface area (Å²) in [6, 6.07) is 15.0. The van der Waals surface area contributed by atoms with Crippen molar-refractivity contribution in [2.75, 3.05) is 14.2 Å². The Morgan fingerprint density at radius 3 is 2.29 bits per heavy atom. The van der Waals surface area contributed by atoms with Crippen molar-refractivity contribution in [3.63, 3.8) is 0 Å². The van der Waals surface area contributed by atoms with Crippen LogP contribution in [0.15, 0.2) is 48.5 Å². The summed E-state index contributed by atoms with van der Waals surface area (Å²) in [4.78, 5) is 11.8. The molecule has 2 aromatic rings. The summed E-state index contributed by atoms with van der Waals surface area (Å²) in [7, 11) is 3.22. The van der Waals surface area contributed by atoms with Gasteiger partial charge in [-0.05, 0) is 53.4 Å². The first kappa shape index (κ1) is 15.4. The van der Waals surface area contributed by atoms with Crippen molar-refractivity contribution in [1.29, 1.82) is 0 Å². The minimum atomic E-state index is -0.393. The molecule has 0 spiro atoms. The van der Waals surface area contributed by atoms with E-state index in [-0.39, 0.29) is 5.24 Å². The Morgan fingerprint density at radius 2 is 1.71 bits per heavy atom. The molecule has 4 heteroatoms. The Hall–Kier alpha value is -2.00. The van der Waals surface area contributed by atoms with Crippen LogP contribution in [0.2, 0.25) is 0 Å². The van der Waals surface area contributed by atoms with Gasteiger partial charge in [0.1, 0.15) is 11.5 Å². The molecule has 1 unspecified atom stereocenters. The SMILES string of the molecule is COc1ccc(CC(C(=O)Cl)c2cccc(OC)c2)cc1. The van der Waals surface area contributed by atoms with E-state index in [0.717, 1.165) is 16.9 Å². The van der Waals surface area contributed by atoms with E-state index in [2.05, 4.69) is 0 Å².